The molecular formula is C15H16N2O3. The van der Waals surface area contributed by atoms with E-state index in [2.05, 4.69) is 10.5 Å². The Labute approximate surface area is 116 Å². The highest BCUT2D eigenvalue weighted by Crippen LogP contribution is 2.24. The van der Waals surface area contributed by atoms with Crippen molar-refractivity contribution in [3.63, 3.8) is 0 Å². The number of nitrogens with zero attached hydrogens (tertiary/aromatic N) is 1. The molecule has 0 spiro atoms. The van der Waals surface area contributed by atoms with Crippen LogP contribution < -0.4 is 10.1 Å². The molecule has 2 aromatic rings. The van der Waals surface area contributed by atoms with Crippen LogP contribution in [0.1, 0.15) is 27.4 Å². The van der Waals surface area contributed by atoms with Gasteiger partial charge in [-0.15, -0.1) is 0 Å². The van der Waals surface area contributed by atoms with Crippen molar-refractivity contribution in [2.45, 2.75) is 26.3 Å². The van der Waals surface area contributed by atoms with Crippen LogP contribution in [-0.2, 0) is 6.42 Å². The minimum Gasteiger partial charge on any atom is -0.491 e. The van der Waals surface area contributed by atoms with Gasteiger partial charge in [-0.25, -0.2) is 0 Å². The number of hydrogen-bond donors (Lipinski definition) is 1. The summed E-state index contributed by atoms with van der Waals surface area (Å²) in [5, 5.41) is 6.78. The molecule has 0 aliphatic carbocycles. The van der Waals surface area contributed by atoms with E-state index < -0.39 is 0 Å². The molecule has 2 heterocycles. The number of aromatic nitrogens is 1. The molecule has 5 heteroatoms. The third-order valence-corrected chi connectivity index (χ3v) is 3.47. The number of benzene rings is 1. The largest absolute Gasteiger partial charge is 0.491 e. The molecule has 1 aliphatic rings. The Balaban J connectivity index is 1.73. The quantitative estimate of drug-likeness (QED) is 0.908. The van der Waals surface area contributed by atoms with Gasteiger partial charge in [0.1, 0.15) is 23.7 Å². The summed E-state index contributed by atoms with van der Waals surface area (Å²) >= 11 is 0. The fourth-order valence-corrected chi connectivity index (χ4v) is 2.49. The first kappa shape index (κ1) is 12.7. The van der Waals surface area contributed by atoms with Gasteiger partial charge in [-0.3, -0.25) is 4.79 Å². The van der Waals surface area contributed by atoms with Crippen LogP contribution in [0.2, 0.25) is 0 Å². The van der Waals surface area contributed by atoms with Crippen molar-refractivity contribution in [2.24, 2.45) is 0 Å². The Morgan fingerprint density at radius 3 is 2.90 bits per heavy atom. The van der Waals surface area contributed by atoms with Crippen LogP contribution in [-0.4, -0.2) is 23.7 Å². The first-order chi connectivity index (χ1) is 9.65. The maximum Gasteiger partial charge on any atom is 0.257 e. The molecule has 20 heavy (non-hydrogen) atoms. The molecule has 3 rings (SSSR count). The van der Waals surface area contributed by atoms with Crippen molar-refractivity contribution in [2.75, 3.05) is 6.61 Å². The summed E-state index contributed by atoms with van der Waals surface area (Å²) < 4.78 is 10.7. The summed E-state index contributed by atoms with van der Waals surface area (Å²) in [5.74, 6) is 1.28. The Morgan fingerprint density at radius 2 is 2.15 bits per heavy atom. The number of fused-ring (bicyclic) bond motifs is 1. The second-order valence-corrected chi connectivity index (χ2v) is 4.99. The molecule has 0 radical (unpaired) electrons. The van der Waals surface area contributed by atoms with Crippen molar-refractivity contribution in [3.05, 3.63) is 46.8 Å². The lowest BCUT2D eigenvalue weighted by Crippen LogP contribution is -2.43. The molecule has 1 aromatic heterocycles. The van der Waals surface area contributed by atoms with Crippen LogP contribution in [0.3, 0.4) is 0 Å². The van der Waals surface area contributed by atoms with Crippen molar-refractivity contribution < 1.29 is 14.1 Å². The van der Waals surface area contributed by atoms with Gasteiger partial charge in [0.25, 0.3) is 5.91 Å². The Bertz CT molecular complexity index is 629. The zero-order chi connectivity index (χ0) is 14.1. The molecule has 1 aromatic carbocycles. The molecule has 0 saturated heterocycles. The second kappa shape index (κ2) is 5.00. The first-order valence-corrected chi connectivity index (χ1v) is 6.59. The lowest BCUT2D eigenvalue weighted by Gasteiger charge is -2.25. The van der Waals surface area contributed by atoms with E-state index in [9.17, 15) is 4.79 Å². The van der Waals surface area contributed by atoms with Gasteiger partial charge in [0, 0.05) is 0 Å². The number of aryl methyl sites for hydroxylation is 2. The van der Waals surface area contributed by atoms with Gasteiger partial charge >= 0.3 is 0 Å². The zero-order valence-corrected chi connectivity index (χ0v) is 11.5. The lowest BCUT2D eigenvalue weighted by atomic mass is 10.0. The number of amides is 1. The van der Waals surface area contributed by atoms with E-state index in [-0.39, 0.29) is 11.9 Å². The van der Waals surface area contributed by atoms with Gasteiger partial charge in [-0.05, 0) is 31.9 Å². The van der Waals surface area contributed by atoms with Crippen LogP contribution in [0.15, 0.2) is 28.8 Å². The summed E-state index contributed by atoms with van der Waals surface area (Å²) in [6.45, 7) is 3.98. The monoisotopic (exact) mass is 272 g/mol. The van der Waals surface area contributed by atoms with Gasteiger partial charge in [0.15, 0.2) is 0 Å². The predicted molar refractivity (Wildman–Crippen MR) is 72.9 cm³/mol. The molecule has 0 bridgehead atoms. The highest BCUT2D eigenvalue weighted by Gasteiger charge is 2.24. The molecule has 1 amide bonds. The predicted octanol–water partition coefficient (Wildman–Crippen LogP) is 2.02. The van der Waals surface area contributed by atoms with Gasteiger partial charge in [0.2, 0.25) is 0 Å². The fourth-order valence-electron chi connectivity index (χ4n) is 2.49. The highest BCUT2D eigenvalue weighted by atomic mass is 16.5. The van der Waals surface area contributed by atoms with E-state index in [1.165, 1.54) is 0 Å². The number of nitrogens with one attached hydrogen (secondary N) is 1. The number of hydrogen-bond acceptors (Lipinski definition) is 4. The lowest BCUT2D eigenvalue weighted by molar-refractivity contribution is 0.0913. The first-order valence-electron chi connectivity index (χ1n) is 6.59. The maximum absolute atomic E-state index is 12.3. The van der Waals surface area contributed by atoms with Gasteiger partial charge in [0.05, 0.1) is 11.7 Å². The van der Waals surface area contributed by atoms with Crippen molar-refractivity contribution in [1.82, 2.24) is 10.5 Å². The van der Waals surface area contributed by atoms with Crippen LogP contribution in [0, 0.1) is 13.8 Å². The Hall–Kier alpha value is -2.30. The SMILES string of the molecule is Cc1noc(C)c1C(=O)N[C@H]1COc2ccccc2C1. The molecule has 0 unspecified atom stereocenters. The molecule has 1 N–H and O–H groups in total. The average molecular weight is 272 g/mol. The summed E-state index contributed by atoms with van der Waals surface area (Å²) in [4.78, 5) is 12.3. The van der Waals surface area contributed by atoms with Crippen molar-refractivity contribution in [1.29, 1.82) is 0 Å². The van der Waals surface area contributed by atoms with E-state index in [0.29, 0.717) is 23.6 Å². The fraction of sp³-hybridized carbons (Fsp3) is 0.333. The minimum absolute atomic E-state index is 0.0360. The van der Waals surface area contributed by atoms with Crippen LogP contribution in [0.4, 0.5) is 0 Å². The number of ether oxygens (including phenoxy) is 1. The number of para-hydroxylation sites is 1. The summed E-state index contributed by atoms with van der Waals surface area (Å²) in [6.07, 6.45) is 0.769. The van der Waals surface area contributed by atoms with Crippen LogP contribution in [0.25, 0.3) is 0 Å². The van der Waals surface area contributed by atoms with Crippen molar-refractivity contribution >= 4 is 5.91 Å². The van der Waals surface area contributed by atoms with E-state index >= 15 is 0 Å². The van der Waals surface area contributed by atoms with Crippen LogP contribution in [0.5, 0.6) is 5.75 Å². The molecule has 5 nitrogen and oxygen atoms in total. The number of rotatable bonds is 2. The summed E-state index contributed by atoms with van der Waals surface area (Å²) in [7, 11) is 0. The van der Waals surface area contributed by atoms with E-state index in [1.54, 1.807) is 13.8 Å². The summed E-state index contributed by atoms with van der Waals surface area (Å²) in [6, 6.07) is 7.85. The summed E-state index contributed by atoms with van der Waals surface area (Å²) in [5.41, 5.74) is 2.24. The van der Waals surface area contributed by atoms with E-state index in [0.717, 1.165) is 17.7 Å². The maximum atomic E-state index is 12.3. The third-order valence-electron chi connectivity index (χ3n) is 3.47. The van der Waals surface area contributed by atoms with Crippen molar-refractivity contribution in [3.8, 4) is 5.75 Å². The normalized spacial score (nSPS) is 17.2. The van der Waals surface area contributed by atoms with Crippen LogP contribution >= 0.6 is 0 Å². The number of carbonyl (C=O) groups is 1. The Morgan fingerprint density at radius 1 is 1.35 bits per heavy atom. The van der Waals surface area contributed by atoms with Gasteiger partial charge < -0.3 is 14.6 Å². The highest BCUT2D eigenvalue weighted by molar-refractivity contribution is 5.96. The molecule has 0 fully saturated rings. The average Bonchev–Trinajstić information content (AvgIpc) is 2.78. The molecule has 1 atom stereocenters. The van der Waals surface area contributed by atoms with Gasteiger partial charge in [-0.1, -0.05) is 23.4 Å². The molecular weight excluding hydrogens is 256 g/mol. The number of carbonyl (C=O) groups excluding carboxylic acids is 1. The molecule has 1 aliphatic heterocycles. The molecule has 0 saturated carbocycles. The smallest absolute Gasteiger partial charge is 0.257 e. The standard InChI is InChI=1S/C15H16N2O3/c1-9-14(10(2)20-17-9)15(18)16-12-7-11-5-3-4-6-13(11)19-8-12/h3-6,12H,7-8H2,1-2H3,(H,16,18)/t12-/m1/s1. The minimum atomic E-state index is -0.158. The van der Waals surface area contributed by atoms with Gasteiger partial charge in [-0.2, -0.15) is 0 Å². The second-order valence-electron chi connectivity index (χ2n) is 4.99. The molecule has 104 valence electrons. The third kappa shape index (κ3) is 2.27. The Kier molecular flexibility index (Phi) is 3.18. The zero-order valence-electron chi connectivity index (χ0n) is 11.5. The van der Waals surface area contributed by atoms with E-state index in [4.69, 9.17) is 9.26 Å². The van der Waals surface area contributed by atoms with E-state index in [1.807, 2.05) is 24.3 Å². The topological polar surface area (TPSA) is 64.4 Å².